The fraction of sp³-hybridized carbons (Fsp3) is 0.143. The number of hydrogen-bond donors (Lipinski definition) is 0. The lowest BCUT2D eigenvalue weighted by atomic mass is 10.4. The maximum atomic E-state index is 10.1. The topological polar surface area (TPSA) is 34.9 Å². The molecule has 0 saturated heterocycles. The minimum atomic E-state index is 0.411. The zero-order valence-electron chi connectivity index (χ0n) is 5.32. The van der Waals surface area contributed by atoms with E-state index in [1.165, 1.54) is 10.9 Å². The van der Waals surface area contributed by atoms with E-state index >= 15 is 0 Å². The molecule has 1 aromatic rings. The lowest BCUT2D eigenvalue weighted by molar-refractivity contribution is 0.112. The van der Waals surface area contributed by atoms with Gasteiger partial charge in [0, 0.05) is 6.20 Å². The molecule has 1 aromatic heterocycles. The van der Waals surface area contributed by atoms with Gasteiger partial charge in [-0.15, -0.1) is 6.42 Å². The highest BCUT2D eigenvalue weighted by molar-refractivity contribution is 5.73. The van der Waals surface area contributed by atoms with Crippen LogP contribution in [0.4, 0.5) is 0 Å². The van der Waals surface area contributed by atoms with Crippen molar-refractivity contribution in [1.29, 1.82) is 0 Å². The van der Waals surface area contributed by atoms with E-state index in [-0.39, 0.29) is 0 Å². The van der Waals surface area contributed by atoms with E-state index < -0.39 is 0 Å². The highest BCUT2D eigenvalue weighted by Crippen LogP contribution is 1.91. The molecule has 0 aliphatic rings. The third-order valence-corrected chi connectivity index (χ3v) is 1.04. The molecule has 0 atom stereocenters. The second kappa shape index (κ2) is 2.83. The van der Waals surface area contributed by atoms with Gasteiger partial charge in [0.1, 0.15) is 6.54 Å². The van der Waals surface area contributed by atoms with Crippen molar-refractivity contribution in [3.05, 3.63) is 18.0 Å². The highest BCUT2D eigenvalue weighted by atomic mass is 16.1. The van der Waals surface area contributed by atoms with Crippen LogP contribution in [0.5, 0.6) is 0 Å². The second-order valence-corrected chi connectivity index (χ2v) is 1.79. The summed E-state index contributed by atoms with van der Waals surface area (Å²) in [6.45, 7) is 0.411. The average molecular weight is 134 g/mol. The molecule has 1 rings (SSSR count). The molecule has 50 valence electrons. The van der Waals surface area contributed by atoms with Crippen LogP contribution < -0.4 is 0 Å². The Labute approximate surface area is 58.7 Å². The van der Waals surface area contributed by atoms with E-state index in [9.17, 15) is 4.79 Å². The summed E-state index contributed by atoms with van der Waals surface area (Å²) >= 11 is 0. The fourth-order valence-electron chi connectivity index (χ4n) is 0.620. The molecule has 0 aromatic carbocycles. The summed E-state index contributed by atoms with van der Waals surface area (Å²) in [5.74, 6) is 2.41. The predicted molar refractivity (Wildman–Crippen MR) is 36.4 cm³/mol. The lowest BCUT2D eigenvalue weighted by Gasteiger charge is -1.87. The van der Waals surface area contributed by atoms with Gasteiger partial charge in [0.2, 0.25) is 0 Å². The summed E-state index contributed by atoms with van der Waals surface area (Å²) in [6, 6.07) is 0. The minimum absolute atomic E-state index is 0.411. The lowest BCUT2D eigenvalue weighted by Crippen LogP contribution is -1.94. The van der Waals surface area contributed by atoms with Crippen LogP contribution in [0.3, 0.4) is 0 Å². The van der Waals surface area contributed by atoms with Gasteiger partial charge in [-0.25, -0.2) is 0 Å². The summed E-state index contributed by atoms with van der Waals surface area (Å²) < 4.78 is 1.53. The molecule has 0 saturated carbocycles. The number of nitrogens with zero attached hydrogens (tertiary/aromatic N) is 2. The first-order valence-electron chi connectivity index (χ1n) is 2.78. The van der Waals surface area contributed by atoms with Crippen molar-refractivity contribution in [3.63, 3.8) is 0 Å². The number of carbonyl (C=O) groups excluding carboxylic acids is 1. The quantitative estimate of drug-likeness (QED) is 0.431. The summed E-state index contributed by atoms with van der Waals surface area (Å²) in [7, 11) is 0. The van der Waals surface area contributed by atoms with Gasteiger partial charge >= 0.3 is 0 Å². The van der Waals surface area contributed by atoms with Gasteiger partial charge in [0.05, 0.1) is 11.8 Å². The monoisotopic (exact) mass is 134 g/mol. The van der Waals surface area contributed by atoms with E-state index in [1.807, 2.05) is 0 Å². The van der Waals surface area contributed by atoms with Crippen LogP contribution in [0.25, 0.3) is 0 Å². The van der Waals surface area contributed by atoms with Crippen molar-refractivity contribution in [2.24, 2.45) is 0 Å². The Morgan fingerprint density at radius 3 is 3.20 bits per heavy atom. The standard InChI is InChI=1S/C7H6N2O/c1-2-3-9-5-7(6-10)4-8-9/h1,4-6H,3H2. The Morgan fingerprint density at radius 1 is 1.90 bits per heavy atom. The van der Waals surface area contributed by atoms with Gasteiger partial charge in [0.25, 0.3) is 0 Å². The maximum absolute atomic E-state index is 10.1. The normalized spacial score (nSPS) is 8.70. The second-order valence-electron chi connectivity index (χ2n) is 1.79. The van der Waals surface area contributed by atoms with E-state index in [1.54, 1.807) is 6.20 Å². The van der Waals surface area contributed by atoms with E-state index in [0.29, 0.717) is 12.1 Å². The molecular weight excluding hydrogens is 128 g/mol. The zero-order valence-corrected chi connectivity index (χ0v) is 5.32. The third-order valence-electron chi connectivity index (χ3n) is 1.04. The van der Waals surface area contributed by atoms with Gasteiger partial charge in [0.15, 0.2) is 6.29 Å². The molecule has 1 heterocycles. The van der Waals surface area contributed by atoms with Gasteiger partial charge < -0.3 is 0 Å². The molecule has 0 amide bonds. The molecule has 0 radical (unpaired) electrons. The SMILES string of the molecule is C#CCn1cc(C=O)cn1. The molecule has 0 unspecified atom stereocenters. The number of terminal acetylenes is 1. The molecule has 0 aliphatic carbocycles. The molecule has 0 bridgehead atoms. The molecular formula is C7H6N2O. The van der Waals surface area contributed by atoms with E-state index in [0.717, 1.165) is 6.29 Å². The minimum Gasteiger partial charge on any atom is -0.298 e. The molecule has 0 fully saturated rings. The van der Waals surface area contributed by atoms with Crippen molar-refractivity contribution >= 4 is 6.29 Å². The molecule has 10 heavy (non-hydrogen) atoms. The first-order chi connectivity index (χ1) is 4.86. The third kappa shape index (κ3) is 1.23. The number of aldehydes is 1. The molecule has 0 N–H and O–H groups in total. The van der Waals surface area contributed by atoms with E-state index in [2.05, 4.69) is 11.0 Å². The van der Waals surface area contributed by atoms with E-state index in [4.69, 9.17) is 6.42 Å². The van der Waals surface area contributed by atoms with Crippen molar-refractivity contribution < 1.29 is 4.79 Å². The Balaban J connectivity index is 2.80. The molecule has 3 nitrogen and oxygen atoms in total. The van der Waals surface area contributed by atoms with Crippen molar-refractivity contribution in [2.75, 3.05) is 0 Å². The molecule has 0 aliphatic heterocycles. The predicted octanol–water partition coefficient (Wildman–Crippen LogP) is 0.329. The van der Waals surface area contributed by atoms with Crippen molar-refractivity contribution in [2.45, 2.75) is 6.54 Å². The Bertz CT molecular complexity index is 269. The molecule has 3 heteroatoms. The largest absolute Gasteiger partial charge is 0.298 e. The summed E-state index contributed by atoms with van der Waals surface area (Å²) in [6.07, 6.45) is 8.83. The van der Waals surface area contributed by atoms with Crippen molar-refractivity contribution in [1.82, 2.24) is 9.78 Å². The van der Waals surface area contributed by atoms with Crippen LogP contribution in [-0.2, 0) is 6.54 Å². The summed E-state index contributed by atoms with van der Waals surface area (Å²) in [5, 5.41) is 3.82. The first kappa shape index (κ1) is 6.56. The first-order valence-corrected chi connectivity index (χ1v) is 2.78. The van der Waals surface area contributed by atoms with Gasteiger partial charge in [-0.05, 0) is 0 Å². The summed E-state index contributed by atoms with van der Waals surface area (Å²) in [5.41, 5.74) is 0.551. The summed E-state index contributed by atoms with van der Waals surface area (Å²) in [4.78, 5) is 10.1. The molecule has 0 spiro atoms. The number of carbonyl (C=O) groups is 1. The van der Waals surface area contributed by atoms with Crippen LogP contribution >= 0.6 is 0 Å². The van der Waals surface area contributed by atoms with Crippen molar-refractivity contribution in [3.8, 4) is 12.3 Å². The highest BCUT2D eigenvalue weighted by Gasteiger charge is 1.92. The van der Waals surface area contributed by atoms with Crippen LogP contribution in [0.2, 0.25) is 0 Å². The Morgan fingerprint density at radius 2 is 2.70 bits per heavy atom. The number of rotatable bonds is 2. The van der Waals surface area contributed by atoms with Crippen LogP contribution in [0, 0.1) is 12.3 Å². The Kier molecular flexibility index (Phi) is 1.86. The maximum Gasteiger partial charge on any atom is 0.153 e. The van der Waals surface area contributed by atoms with Gasteiger partial charge in [-0.1, -0.05) is 5.92 Å². The fourth-order valence-corrected chi connectivity index (χ4v) is 0.620. The van der Waals surface area contributed by atoms with Crippen LogP contribution in [-0.4, -0.2) is 16.1 Å². The number of hydrogen-bond acceptors (Lipinski definition) is 2. The zero-order chi connectivity index (χ0) is 7.40. The Hall–Kier alpha value is -1.56. The van der Waals surface area contributed by atoms with Crippen LogP contribution in [0.1, 0.15) is 10.4 Å². The average Bonchev–Trinajstić information content (AvgIpc) is 2.37. The van der Waals surface area contributed by atoms with Crippen LogP contribution in [0.15, 0.2) is 12.4 Å². The number of aromatic nitrogens is 2. The van der Waals surface area contributed by atoms with Gasteiger partial charge in [-0.2, -0.15) is 5.10 Å². The van der Waals surface area contributed by atoms with Gasteiger partial charge in [-0.3, -0.25) is 9.48 Å². The smallest absolute Gasteiger partial charge is 0.153 e.